The van der Waals surface area contributed by atoms with Gasteiger partial charge in [-0.2, -0.15) is 0 Å². The minimum Gasteiger partial charge on any atom is -0.396 e. The first-order valence-corrected chi connectivity index (χ1v) is 5.68. The molecule has 0 atom stereocenters. The van der Waals surface area contributed by atoms with E-state index in [9.17, 15) is 0 Å². The van der Waals surface area contributed by atoms with Gasteiger partial charge in [0.25, 0.3) is 0 Å². The van der Waals surface area contributed by atoms with E-state index in [0.717, 1.165) is 38.0 Å². The lowest BCUT2D eigenvalue weighted by molar-refractivity contribution is 0.283. The van der Waals surface area contributed by atoms with Crippen molar-refractivity contribution in [2.24, 2.45) is 0 Å². The molecule has 4 N–H and O–H groups in total. The van der Waals surface area contributed by atoms with Crippen LogP contribution in [0.4, 0.5) is 11.6 Å². The van der Waals surface area contributed by atoms with Gasteiger partial charge in [-0.1, -0.05) is 12.8 Å². The summed E-state index contributed by atoms with van der Waals surface area (Å²) in [5.74, 6) is 1.96. The first kappa shape index (κ1) is 12.7. The molecular formula is C11H20N4O. The molecule has 0 aliphatic heterocycles. The first-order valence-electron chi connectivity index (χ1n) is 5.68. The molecule has 5 heteroatoms. The smallest absolute Gasteiger partial charge is 0.131 e. The highest BCUT2D eigenvalue weighted by Crippen LogP contribution is 2.08. The predicted molar refractivity (Wildman–Crippen MR) is 65.2 cm³/mol. The molecule has 5 nitrogen and oxygen atoms in total. The summed E-state index contributed by atoms with van der Waals surface area (Å²) >= 11 is 0. The molecule has 0 saturated carbocycles. The average molecular weight is 224 g/mol. The Bertz CT molecular complexity index is 297. The molecule has 1 aromatic heterocycles. The molecule has 0 amide bonds. The van der Waals surface area contributed by atoms with E-state index >= 15 is 0 Å². The Balaban J connectivity index is 2.21. The standard InChI is InChI=1S/C11H20N4O/c1-9-14-10(12)8-11(15-9)13-6-4-2-3-5-7-16/h8,16H,2-7H2,1H3,(H3,12,13,14,15). The summed E-state index contributed by atoms with van der Waals surface area (Å²) in [6.45, 7) is 2.99. The second-order valence-corrected chi connectivity index (χ2v) is 3.79. The van der Waals surface area contributed by atoms with Crippen LogP contribution in [0.25, 0.3) is 0 Å². The van der Waals surface area contributed by atoms with Crippen molar-refractivity contribution < 1.29 is 5.11 Å². The van der Waals surface area contributed by atoms with Crippen LogP contribution < -0.4 is 11.1 Å². The summed E-state index contributed by atoms with van der Waals surface area (Å²) in [4.78, 5) is 8.23. The van der Waals surface area contributed by atoms with Crippen molar-refractivity contribution >= 4 is 11.6 Å². The Hall–Kier alpha value is -1.36. The van der Waals surface area contributed by atoms with Crippen molar-refractivity contribution in [2.45, 2.75) is 32.6 Å². The van der Waals surface area contributed by atoms with E-state index < -0.39 is 0 Å². The number of aliphatic hydroxyl groups is 1. The number of aromatic nitrogens is 2. The molecule has 1 heterocycles. The summed E-state index contributed by atoms with van der Waals surface area (Å²) in [5.41, 5.74) is 5.61. The Morgan fingerprint density at radius 1 is 1.25 bits per heavy atom. The fourth-order valence-corrected chi connectivity index (χ4v) is 1.49. The lowest BCUT2D eigenvalue weighted by Gasteiger charge is -2.06. The number of rotatable bonds is 7. The molecule has 0 bridgehead atoms. The third-order valence-electron chi connectivity index (χ3n) is 2.25. The van der Waals surface area contributed by atoms with Crippen LogP contribution in [0.2, 0.25) is 0 Å². The third-order valence-corrected chi connectivity index (χ3v) is 2.25. The van der Waals surface area contributed by atoms with E-state index in [0.29, 0.717) is 11.6 Å². The van der Waals surface area contributed by atoms with Crippen LogP contribution in [0.3, 0.4) is 0 Å². The minimum atomic E-state index is 0.287. The highest BCUT2D eigenvalue weighted by Gasteiger charge is 1.98. The molecule has 0 saturated heterocycles. The summed E-state index contributed by atoms with van der Waals surface area (Å²) in [6.07, 6.45) is 4.15. The van der Waals surface area contributed by atoms with Gasteiger partial charge in [-0.25, -0.2) is 9.97 Å². The van der Waals surface area contributed by atoms with Gasteiger partial charge in [0.2, 0.25) is 0 Å². The number of aryl methyl sites for hydroxylation is 1. The molecule has 16 heavy (non-hydrogen) atoms. The molecule has 0 fully saturated rings. The maximum atomic E-state index is 8.62. The predicted octanol–water partition coefficient (Wildman–Crippen LogP) is 1.33. The number of nitrogen functional groups attached to an aromatic ring is 1. The van der Waals surface area contributed by atoms with Crippen LogP contribution in [-0.2, 0) is 0 Å². The second kappa shape index (κ2) is 7.00. The van der Waals surface area contributed by atoms with Crippen molar-refractivity contribution in [3.63, 3.8) is 0 Å². The van der Waals surface area contributed by atoms with Gasteiger partial charge >= 0.3 is 0 Å². The molecule has 90 valence electrons. The minimum absolute atomic E-state index is 0.287. The highest BCUT2D eigenvalue weighted by molar-refractivity contribution is 5.44. The zero-order valence-corrected chi connectivity index (χ0v) is 9.74. The zero-order chi connectivity index (χ0) is 11.8. The Kier molecular flexibility index (Phi) is 5.56. The molecule has 0 unspecified atom stereocenters. The van der Waals surface area contributed by atoms with Gasteiger partial charge in [0.05, 0.1) is 0 Å². The van der Waals surface area contributed by atoms with Crippen molar-refractivity contribution in [1.82, 2.24) is 9.97 Å². The quantitative estimate of drug-likeness (QED) is 0.608. The summed E-state index contributed by atoms with van der Waals surface area (Å²) in [7, 11) is 0. The molecule has 0 aliphatic carbocycles. The van der Waals surface area contributed by atoms with Crippen LogP contribution in [0.1, 0.15) is 31.5 Å². The van der Waals surface area contributed by atoms with Crippen molar-refractivity contribution in [3.8, 4) is 0 Å². The number of hydrogen-bond donors (Lipinski definition) is 3. The van der Waals surface area contributed by atoms with Gasteiger partial charge in [0, 0.05) is 19.2 Å². The molecule has 0 aromatic carbocycles. The van der Waals surface area contributed by atoms with E-state index in [2.05, 4.69) is 15.3 Å². The van der Waals surface area contributed by atoms with Gasteiger partial charge < -0.3 is 16.2 Å². The number of unbranched alkanes of at least 4 members (excludes halogenated alkanes) is 3. The van der Waals surface area contributed by atoms with Gasteiger partial charge in [-0.05, 0) is 19.8 Å². The number of hydrogen-bond acceptors (Lipinski definition) is 5. The van der Waals surface area contributed by atoms with Crippen molar-refractivity contribution in [2.75, 3.05) is 24.2 Å². The molecule has 0 radical (unpaired) electrons. The van der Waals surface area contributed by atoms with Gasteiger partial charge in [0.15, 0.2) is 0 Å². The van der Waals surface area contributed by atoms with Crippen LogP contribution in [-0.4, -0.2) is 28.2 Å². The van der Waals surface area contributed by atoms with E-state index in [1.807, 2.05) is 6.92 Å². The van der Waals surface area contributed by atoms with Gasteiger partial charge in [0.1, 0.15) is 17.5 Å². The summed E-state index contributed by atoms with van der Waals surface area (Å²) in [5, 5.41) is 11.8. The SMILES string of the molecule is Cc1nc(N)cc(NCCCCCCO)n1. The molecular weight excluding hydrogens is 204 g/mol. The van der Waals surface area contributed by atoms with Crippen LogP contribution >= 0.6 is 0 Å². The number of nitrogens with zero attached hydrogens (tertiary/aromatic N) is 2. The summed E-state index contributed by atoms with van der Waals surface area (Å²) in [6, 6.07) is 1.74. The first-order chi connectivity index (χ1) is 7.72. The van der Waals surface area contributed by atoms with Crippen LogP contribution in [0.5, 0.6) is 0 Å². The van der Waals surface area contributed by atoms with E-state index in [4.69, 9.17) is 10.8 Å². The monoisotopic (exact) mass is 224 g/mol. The summed E-state index contributed by atoms with van der Waals surface area (Å²) < 4.78 is 0. The molecule has 0 aliphatic rings. The van der Waals surface area contributed by atoms with E-state index in [1.54, 1.807) is 6.07 Å². The zero-order valence-electron chi connectivity index (χ0n) is 9.74. The fraction of sp³-hybridized carbons (Fsp3) is 0.636. The third kappa shape index (κ3) is 4.93. The van der Waals surface area contributed by atoms with Crippen LogP contribution in [0.15, 0.2) is 6.07 Å². The Morgan fingerprint density at radius 3 is 2.69 bits per heavy atom. The average Bonchev–Trinajstić information content (AvgIpc) is 2.22. The Morgan fingerprint density at radius 2 is 2.00 bits per heavy atom. The number of anilines is 2. The second-order valence-electron chi connectivity index (χ2n) is 3.79. The van der Waals surface area contributed by atoms with Crippen LogP contribution in [0, 0.1) is 6.92 Å². The normalized spacial score (nSPS) is 10.4. The Labute approximate surface area is 96.1 Å². The lowest BCUT2D eigenvalue weighted by atomic mass is 10.2. The maximum Gasteiger partial charge on any atom is 0.131 e. The van der Waals surface area contributed by atoms with E-state index in [1.165, 1.54) is 0 Å². The number of nitrogens with two attached hydrogens (primary N) is 1. The topological polar surface area (TPSA) is 84.1 Å². The molecule has 1 aromatic rings. The van der Waals surface area contributed by atoms with Crippen molar-refractivity contribution in [3.05, 3.63) is 11.9 Å². The van der Waals surface area contributed by atoms with E-state index in [-0.39, 0.29) is 6.61 Å². The highest BCUT2D eigenvalue weighted by atomic mass is 16.2. The van der Waals surface area contributed by atoms with Gasteiger partial charge in [-0.15, -0.1) is 0 Å². The van der Waals surface area contributed by atoms with Crippen molar-refractivity contribution in [1.29, 1.82) is 0 Å². The number of aliphatic hydroxyl groups excluding tert-OH is 1. The largest absolute Gasteiger partial charge is 0.396 e. The van der Waals surface area contributed by atoms with Gasteiger partial charge in [-0.3, -0.25) is 0 Å². The molecule has 1 rings (SSSR count). The maximum absolute atomic E-state index is 8.62. The number of nitrogens with one attached hydrogen (secondary N) is 1. The lowest BCUT2D eigenvalue weighted by Crippen LogP contribution is -2.06. The fourth-order valence-electron chi connectivity index (χ4n) is 1.49. The molecule has 0 spiro atoms.